The van der Waals surface area contributed by atoms with Crippen molar-refractivity contribution in [2.45, 2.75) is 97.9 Å². The van der Waals surface area contributed by atoms with E-state index in [0.29, 0.717) is 45.1 Å². The minimum absolute atomic E-state index is 0.150. The first kappa shape index (κ1) is 27.6. The van der Waals surface area contributed by atoms with E-state index in [-0.39, 0.29) is 22.8 Å². The van der Waals surface area contributed by atoms with E-state index < -0.39 is 91.5 Å². The van der Waals surface area contributed by atoms with Crippen molar-refractivity contribution >= 4 is 11.0 Å². The zero-order chi connectivity index (χ0) is 63.3. The molecular weight excluding hydrogens is 815 g/mol. The number of aromatic nitrogens is 3. The van der Waals surface area contributed by atoms with Gasteiger partial charge >= 0.3 is 0 Å². The van der Waals surface area contributed by atoms with E-state index in [1.807, 2.05) is 93.6 Å². The number of fused-ring (bicyclic) bond motifs is 1. The highest BCUT2D eigenvalue weighted by molar-refractivity contribution is 5.98. The van der Waals surface area contributed by atoms with Crippen LogP contribution >= 0.6 is 0 Å². The van der Waals surface area contributed by atoms with Crippen molar-refractivity contribution in [1.29, 1.82) is 0 Å². The Labute approximate surface area is 424 Å². The van der Waals surface area contributed by atoms with Gasteiger partial charge in [0.15, 0.2) is 0 Å². The molecule has 2 aromatic heterocycles. The first-order valence-corrected chi connectivity index (χ1v) is 22.0. The van der Waals surface area contributed by atoms with Gasteiger partial charge in [-0.15, -0.1) is 0 Å². The molecule has 336 valence electrons. The highest BCUT2D eigenvalue weighted by Gasteiger charge is 2.30. The number of nitrogens with zero attached hydrogens (tertiary/aromatic N) is 3. The van der Waals surface area contributed by atoms with Crippen molar-refractivity contribution in [2.24, 2.45) is 0 Å². The number of imidazole rings is 1. The number of aromatic hydroxyl groups is 1. The number of hydrogen-bond donors (Lipinski definition) is 1. The summed E-state index contributed by atoms with van der Waals surface area (Å²) in [5.41, 5.74) is -2.90. The standard InChI is InChI=1S/C63H63N3O/c1-40(2)45-29-30-56(52(36-45)44-21-16-13-17-22-44)66-57-24-18-23-51(58(57)65-60(66)53-38-50(62(6,7)8)39-54(59(53)67)63(9,10)11)47-33-48(35-49(34-47)61(3,4)5)55-37-46(31-32-64-55)43-27-25-42(26-28-43)41-19-14-12-15-20-41/h12-40,67H,1-11H3/i6D3,7D3,8D3,9D3,10D3,11D3,40D. The SMILES string of the molecule is [2H]C(C)(C)c1ccc(-n2c(-c3cc(C(C([2H])([2H])[2H])(C([2H])([2H])[2H])C([2H])([2H])[2H])cc(C(C([2H])([2H])[2H])(C([2H])([2H])[2H])C([2H])([2H])[2H])c3O)nc3c(-c4cc(-c5cc(-c6ccc(-c7ccccc7)cc6)ccn5)cc(C(C)(C)C)c4)cccc32)c(-c2ccccc2)c1. The summed E-state index contributed by atoms with van der Waals surface area (Å²) in [4.78, 5) is 10.1. The lowest BCUT2D eigenvalue weighted by atomic mass is 9.79. The minimum Gasteiger partial charge on any atom is -0.507 e. The third-order valence-electron chi connectivity index (χ3n) is 12.3. The van der Waals surface area contributed by atoms with Gasteiger partial charge in [0.25, 0.3) is 0 Å². The second-order valence-corrected chi connectivity index (χ2v) is 18.4. The Hall–Kier alpha value is -7.04. The molecule has 0 aliphatic carbocycles. The van der Waals surface area contributed by atoms with Gasteiger partial charge in [0, 0.05) is 54.5 Å². The molecule has 2 heterocycles. The zero-order valence-electron chi connectivity index (χ0n) is 57.0. The van der Waals surface area contributed by atoms with Crippen LogP contribution in [0.15, 0.2) is 170 Å². The quantitative estimate of drug-likeness (QED) is 0.165. The summed E-state index contributed by atoms with van der Waals surface area (Å²) in [6.45, 7) is -15.2. The number of phenolic OH excluding ortho intramolecular Hbond substituents is 1. The fourth-order valence-electron chi connectivity index (χ4n) is 8.57. The van der Waals surface area contributed by atoms with Crippen molar-refractivity contribution in [3.05, 3.63) is 192 Å². The Bertz CT molecular complexity index is 3920. The van der Waals surface area contributed by atoms with Crippen LogP contribution in [0.1, 0.15) is 130 Å². The smallest absolute Gasteiger partial charge is 0.149 e. The molecule has 0 radical (unpaired) electrons. The molecule has 9 aromatic rings. The molecule has 4 nitrogen and oxygen atoms in total. The summed E-state index contributed by atoms with van der Waals surface area (Å²) in [6.07, 6.45) is 1.72. The molecular formula is C63H63N3O. The van der Waals surface area contributed by atoms with Crippen molar-refractivity contribution in [3.8, 4) is 78.6 Å². The lowest BCUT2D eigenvalue weighted by molar-refractivity contribution is 0.446. The van der Waals surface area contributed by atoms with E-state index in [1.165, 1.54) is 4.57 Å². The van der Waals surface area contributed by atoms with E-state index in [1.54, 1.807) is 86.8 Å². The monoisotopic (exact) mass is 897 g/mol. The summed E-state index contributed by atoms with van der Waals surface area (Å²) >= 11 is 0. The van der Waals surface area contributed by atoms with Gasteiger partial charge in [-0.3, -0.25) is 9.55 Å². The highest BCUT2D eigenvalue weighted by Crippen LogP contribution is 2.46. The number of phenols is 1. The molecule has 0 spiro atoms. The second kappa shape index (κ2) is 17.3. The van der Waals surface area contributed by atoms with Gasteiger partial charge in [-0.05, 0) is 121 Å². The van der Waals surface area contributed by atoms with Crippen LogP contribution in [0.5, 0.6) is 5.75 Å². The maximum absolute atomic E-state index is 13.1. The van der Waals surface area contributed by atoms with Crippen LogP contribution in [0.3, 0.4) is 0 Å². The number of hydrogen-bond acceptors (Lipinski definition) is 3. The van der Waals surface area contributed by atoms with Crippen LogP contribution < -0.4 is 0 Å². The third-order valence-corrected chi connectivity index (χ3v) is 12.3. The number of rotatable bonds is 8. The summed E-state index contributed by atoms with van der Waals surface area (Å²) in [5.74, 6) is -3.03. The number of benzene rings is 7. The second-order valence-electron chi connectivity index (χ2n) is 18.4. The fourth-order valence-corrected chi connectivity index (χ4v) is 8.57. The molecule has 4 heteroatoms. The fraction of sp³-hybridized carbons (Fsp3) is 0.238. The average Bonchev–Trinajstić information content (AvgIpc) is 1.44. The highest BCUT2D eigenvalue weighted by atomic mass is 16.3. The Balaban J connectivity index is 1.44. The maximum atomic E-state index is 13.1. The van der Waals surface area contributed by atoms with Gasteiger partial charge in [-0.25, -0.2) is 4.98 Å². The van der Waals surface area contributed by atoms with Gasteiger partial charge in [0.05, 0.1) is 28.0 Å². The summed E-state index contributed by atoms with van der Waals surface area (Å²) in [5, 5.41) is 13.1. The van der Waals surface area contributed by atoms with Gasteiger partial charge in [-0.1, -0.05) is 191 Å². The van der Waals surface area contributed by atoms with Gasteiger partial charge in [0.2, 0.25) is 0 Å². The van der Waals surface area contributed by atoms with Crippen molar-refractivity contribution in [1.82, 2.24) is 14.5 Å². The molecule has 1 N–H and O–H groups in total. The van der Waals surface area contributed by atoms with Crippen LogP contribution in [0.25, 0.3) is 83.9 Å². The van der Waals surface area contributed by atoms with Crippen LogP contribution in [-0.2, 0) is 16.2 Å². The van der Waals surface area contributed by atoms with E-state index in [2.05, 4.69) is 12.1 Å². The predicted octanol–water partition coefficient (Wildman–Crippen LogP) is 17.1. The topological polar surface area (TPSA) is 50.9 Å². The lowest BCUT2D eigenvalue weighted by Crippen LogP contribution is -2.17. The lowest BCUT2D eigenvalue weighted by Gasteiger charge is -2.27. The third kappa shape index (κ3) is 8.98. The molecule has 0 fully saturated rings. The van der Waals surface area contributed by atoms with E-state index >= 15 is 0 Å². The largest absolute Gasteiger partial charge is 0.507 e. The summed E-state index contributed by atoms with van der Waals surface area (Å²) in [6, 6.07) is 48.1. The van der Waals surface area contributed by atoms with Crippen LogP contribution in [0, 0.1) is 0 Å². The molecule has 0 saturated heterocycles. The Morgan fingerprint density at radius 1 is 0.522 bits per heavy atom. The van der Waals surface area contributed by atoms with Gasteiger partial charge < -0.3 is 5.11 Å². The number of para-hydroxylation sites is 1. The summed E-state index contributed by atoms with van der Waals surface area (Å²) < 4.78 is 169. The normalized spacial score (nSPS) is 17.8. The van der Waals surface area contributed by atoms with Crippen molar-refractivity contribution < 1.29 is 31.2 Å². The van der Waals surface area contributed by atoms with Gasteiger partial charge in [-0.2, -0.15) is 0 Å². The predicted molar refractivity (Wildman–Crippen MR) is 283 cm³/mol. The first-order valence-electron chi connectivity index (χ1n) is 31.5. The van der Waals surface area contributed by atoms with E-state index in [4.69, 9.17) is 36.0 Å². The maximum Gasteiger partial charge on any atom is 0.149 e. The van der Waals surface area contributed by atoms with Crippen LogP contribution in [-0.4, -0.2) is 19.6 Å². The molecule has 0 bridgehead atoms. The van der Waals surface area contributed by atoms with Crippen molar-refractivity contribution in [2.75, 3.05) is 0 Å². The van der Waals surface area contributed by atoms with Gasteiger partial charge in [0.1, 0.15) is 11.6 Å². The van der Waals surface area contributed by atoms with Crippen LogP contribution in [0.2, 0.25) is 0 Å². The molecule has 9 rings (SSSR count). The Kier molecular flexibility index (Phi) is 7.12. The molecule has 0 aliphatic heterocycles. The molecule has 7 aromatic carbocycles. The summed E-state index contributed by atoms with van der Waals surface area (Å²) in [7, 11) is 0. The minimum atomic E-state index is -4.16. The van der Waals surface area contributed by atoms with Crippen molar-refractivity contribution in [3.63, 3.8) is 0 Å². The Morgan fingerprint density at radius 3 is 1.81 bits per heavy atom. The molecule has 0 aliphatic rings. The van der Waals surface area contributed by atoms with Crippen LogP contribution in [0.4, 0.5) is 0 Å². The van der Waals surface area contributed by atoms with E-state index in [9.17, 15) is 5.11 Å². The molecule has 0 atom stereocenters. The Morgan fingerprint density at radius 2 is 1.15 bits per heavy atom. The average molecular weight is 897 g/mol. The molecule has 0 unspecified atom stereocenters. The molecule has 0 saturated carbocycles. The molecule has 67 heavy (non-hydrogen) atoms. The van der Waals surface area contributed by atoms with E-state index in [0.717, 1.165) is 27.8 Å². The first-order chi connectivity index (χ1) is 39.6. The zero-order valence-corrected chi connectivity index (χ0v) is 38.0. The number of pyridine rings is 1. The molecule has 0 amide bonds.